The molecule has 7 nitrogen and oxygen atoms in total. The molecule has 0 radical (unpaired) electrons. The number of rotatable bonds is 6. The number of halogens is 2. The first-order chi connectivity index (χ1) is 9.77. The number of nitrogens with zero attached hydrogens (tertiary/aromatic N) is 1. The Morgan fingerprint density at radius 2 is 2.05 bits per heavy atom. The Labute approximate surface area is 130 Å². The van der Waals surface area contributed by atoms with Gasteiger partial charge in [-0.2, -0.15) is 0 Å². The van der Waals surface area contributed by atoms with Gasteiger partial charge in [-0.3, -0.25) is 14.9 Å². The van der Waals surface area contributed by atoms with Crippen LogP contribution in [0.5, 0.6) is 0 Å². The van der Waals surface area contributed by atoms with Gasteiger partial charge < -0.3 is 10.4 Å². The second-order valence-electron chi connectivity index (χ2n) is 4.20. The molecule has 0 bridgehead atoms. The number of non-ortho nitro benzene ring substituents is 1. The third-order valence-electron chi connectivity index (χ3n) is 2.65. The van der Waals surface area contributed by atoms with Gasteiger partial charge in [-0.05, 0) is 6.42 Å². The zero-order valence-electron chi connectivity index (χ0n) is 10.9. The first kappa shape index (κ1) is 17.2. The first-order valence-corrected chi connectivity index (χ1v) is 6.70. The number of nitro benzene ring substituents is 1. The second-order valence-corrected chi connectivity index (χ2v) is 4.98. The van der Waals surface area contributed by atoms with Crippen LogP contribution in [0.15, 0.2) is 12.1 Å². The summed E-state index contributed by atoms with van der Waals surface area (Å²) < 4.78 is 0. The van der Waals surface area contributed by atoms with Gasteiger partial charge in [0, 0.05) is 12.1 Å². The maximum Gasteiger partial charge on any atom is 0.326 e. The predicted molar refractivity (Wildman–Crippen MR) is 76.9 cm³/mol. The lowest BCUT2D eigenvalue weighted by Gasteiger charge is -2.14. The number of nitro groups is 1. The molecule has 0 saturated carbocycles. The highest BCUT2D eigenvalue weighted by Gasteiger charge is 2.24. The molecule has 0 aliphatic rings. The Hall–Kier alpha value is -1.86. The van der Waals surface area contributed by atoms with E-state index in [1.807, 2.05) is 0 Å². The number of hydrogen-bond acceptors (Lipinski definition) is 4. The minimum absolute atomic E-state index is 0.154. The van der Waals surface area contributed by atoms with Crippen LogP contribution < -0.4 is 5.32 Å². The molecule has 0 fully saturated rings. The van der Waals surface area contributed by atoms with Gasteiger partial charge in [-0.25, -0.2) is 4.79 Å². The molecule has 0 aromatic heterocycles. The molecule has 1 atom stereocenters. The monoisotopic (exact) mass is 334 g/mol. The zero-order valence-corrected chi connectivity index (χ0v) is 12.4. The lowest BCUT2D eigenvalue weighted by atomic mass is 10.1. The Morgan fingerprint density at radius 3 is 2.52 bits per heavy atom. The minimum Gasteiger partial charge on any atom is -0.480 e. The quantitative estimate of drug-likeness (QED) is 0.613. The van der Waals surface area contributed by atoms with Gasteiger partial charge in [0.25, 0.3) is 11.6 Å². The summed E-state index contributed by atoms with van der Waals surface area (Å²) in [4.78, 5) is 33.1. The molecule has 1 rings (SSSR count). The molecule has 0 saturated heterocycles. The fraction of sp³-hybridized carbons (Fsp3) is 0.333. The fourth-order valence-electron chi connectivity index (χ4n) is 1.63. The van der Waals surface area contributed by atoms with E-state index in [1.165, 1.54) is 0 Å². The third-order valence-corrected chi connectivity index (χ3v) is 3.45. The summed E-state index contributed by atoms with van der Waals surface area (Å²) in [5, 5.41) is 21.7. The van der Waals surface area contributed by atoms with Crippen LogP contribution in [-0.2, 0) is 4.79 Å². The van der Waals surface area contributed by atoms with Crippen molar-refractivity contribution in [3.8, 4) is 0 Å². The molecule has 0 aliphatic heterocycles. The average Bonchev–Trinajstić information content (AvgIpc) is 2.40. The van der Waals surface area contributed by atoms with E-state index in [9.17, 15) is 19.7 Å². The lowest BCUT2D eigenvalue weighted by molar-refractivity contribution is -0.384. The van der Waals surface area contributed by atoms with Crippen molar-refractivity contribution in [1.29, 1.82) is 0 Å². The van der Waals surface area contributed by atoms with Gasteiger partial charge in [0.05, 0.1) is 20.5 Å². The fourth-order valence-corrected chi connectivity index (χ4v) is 2.04. The van der Waals surface area contributed by atoms with Crippen LogP contribution in [0.4, 0.5) is 5.69 Å². The highest BCUT2D eigenvalue weighted by Crippen LogP contribution is 2.30. The smallest absolute Gasteiger partial charge is 0.326 e. The lowest BCUT2D eigenvalue weighted by Crippen LogP contribution is -2.40. The Morgan fingerprint density at radius 1 is 1.43 bits per heavy atom. The molecule has 0 heterocycles. The number of carbonyl (C=O) groups is 2. The normalized spacial score (nSPS) is 11.8. The molecule has 2 N–H and O–H groups in total. The number of aliphatic carboxylic acids is 1. The van der Waals surface area contributed by atoms with E-state index >= 15 is 0 Å². The van der Waals surface area contributed by atoms with E-state index in [0.717, 1.165) is 12.1 Å². The highest BCUT2D eigenvalue weighted by molar-refractivity contribution is 6.44. The summed E-state index contributed by atoms with van der Waals surface area (Å²) >= 11 is 11.6. The van der Waals surface area contributed by atoms with Gasteiger partial charge in [-0.1, -0.05) is 36.5 Å². The van der Waals surface area contributed by atoms with E-state index in [4.69, 9.17) is 28.3 Å². The van der Waals surface area contributed by atoms with E-state index in [2.05, 4.69) is 5.32 Å². The molecule has 0 spiro atoms. The zero-order chi connectivity index (χ0) is 16.2. The number of carboxylic acids is 1. The van der Waals surface area contributed by atoms with Crippen molar-refractivity contribution in [2.75, 3.05) is 0 Å². The maximum atomic E-state index is 12.0. The number of hydrogen-bond donors (Lipinski definition) is 2. The van der Waals surface area contributed by atoms with E-state index in [-0.39, 0.29) is 22.0 Å². The molecular weight excluding hydrogens is 323 g/mol. The molecule has 1 aromatic carbocycles. The summed E-state index contributed by atoms with van der Waals surface area (Å²) in [6.07, 6.45) is 0.766. The van der Waals surface area contributed by atoms with Crippen molar-refractivity contribution >= 4 is 40.8 Å². The van der Waals surface area contributed by atoms with E-state index in [0.29, 0.717) is 6.42 Å². The maximum absolute atomic E-state index is 12.0. The van der Waals surface area contributed by atoms with Crippen molar-refractivity contribution in [2.24, 2.45) is 0 Å². The van der Waals surface area contributed by atoms with Crippen LogP contribution in [0.3, 0.4) is 0 Å². The van der Waals surface area contributed by atoms with Crippen molar-refractivity contribution in [2.45, 2.75) is 25.8 Å². The van der Waals surface area contributed by atoms with Gasteiger partial charge in [0.1, 0.15) is 6.04 Å². The van der Waals surface area contributed by atoms with E-state index in [1.54, 1.807) is 6.92 Å². The number of carbonyl (C=O) groups excluding carboxylic acids is 1. The number of carboxylic acid groups (broad SMARTS) is 1. The van der Waals surface area contributed by atoms with Crippen LogP contribution >= 0.6 is 23.2 Å². The van der Waals surface area contributed by atoms with Crippen LogP contribution in [0.2, 0.25) is 10.0 Å². The number of nitrogens with one attached hydrogen (secondary N) is 1. The molecule has 1 amide bonds. The van der Waals surface area contributed by atoms with Crippen molar-refractivity contribution in [3.63, 3.8) is 0 Å². The number of benzene rings is 1. The van der Waals surface area contributed by atoms with Crippen molar-refractivity contribution in [3.05, 3.63) is 37.9 Å². The Kier molecular flexibility index (Phi) is 5.92. The average molecular weight is 335 g/mol. The molecule has 9 heteroatoms. The first-order valence-electron chi connectivity index (χ1n) is 5.95. The van der Waals surface area contributed by atoms with Crippen LogP contribution in [0.1, 0.15) is 30.1 Å². The Balaban J connectivity index is 3.11. The molecule has 1 unspecified atom stereocenters. The topological polar surface area (TPSA) is 110 Å². The van der Waals surface area contributed by atoms with Crippen LogP contribution in [0.25, 0.3) is 0 Å². The van der Waals surface area contributed by atoms with Crippen molar-refractivity contribution < 1.29 is 19.6 Å². The Bertz CT molecular complexity index is 591. The van der Waals surface area contributed by atoms with Gasteiger partial charge in [-0.15, -0.1) is 0 Å². The summed E-state index contributed by atoms with van der Waals surface area (Å²) in [6, 6.07) is 0.868. The summed E-state index contributed by atoms with van der Waals surface area (Å²) in [7, 11) is 0. The summed E-state index contributed by atoms with van der Waals surface area (Å²) in [6.45, 7) is 1.76. The third kappa shape index (κ3) is 4.30. The highest BCUT2D eigenvalue weighted by atomic mass is 35.5. The standard InChI is InChI=1S/C12H12Cl2N2O5/c1-2-3-9(12(18)19)15-11(17)7-4-6(16(20)21)5-8(13)10(7)14/h4-5,9H,2-3H2,1H3,(H,15,17)(H,18,19). The molecule has 0 aliphatic carbocycles. The summed E-state index contributed by atoms with van der Waals surface area (Å²) in [5.41, 5.74) is -0.643. The van der Waals surface area contributed by atoms with Gasteiger partial charge in [0.15, 0.2) is 0 Å². The SMILES string of the molecule is CCCC(NC(=O)c1cc([N+](=O)[O-])cc(Cl)c1Cl)C(=O)O. The van der Waals surface area contributed by atoms with Gasteiger partial charge >= 0.3 is 5.97 Å². The minimum atomic E-state index is -1.20. The van der Waals surface area contributed by atoms with Crippen LogP contribution in [0, 0.1) is 10.1 Å². The summed E-state index contributed by atoms with van der Waals surface area (Å²) in [5.74, 6) is -2.02. The molecular formula is C12H12Cl2N2O5. The van der Waals surface area contributed by atoms with Crippen LogP contribution in [-0.4, -0.2) is 27.9 Å². The second kappa shape index (κ2) is 7.24. The van der Waals surface area contributed by atoms with Crippen molar-refractivity contribution in [1.82, 2.24) is 5.32 Å². The number of amides is 1. The van der Waals surface area contributed by atoms with Gasteiger partial charge in [0.2, 0.25) is 0 Å². The van der Waals surface area contributed by atoms with E-state index < -0.39 is 28.5 Å². The molecule has 1 aromatic rings. The largest absolute Gasteiger partial charge is 0.480 e. The molecule has 21 heavy (non-hydrogen) atoms. The molecule has 114 valence electrons. The predicted octanol–water partition coefficient (Wildman–Crippen LogP) is 2.88.